The first-order valence-electron chi connectivity index (χ1n) is 5.30. The minimum Gasteiger partial charge on any atom is -0.313 e. The summed E-state index contributed by atoms with van der Waals surface area (Å²) in [5.74, 6) is 0.936. The van der Waals surface area contributed by atoms with Crippen molar-refractivity contribution in [3.05, 3.63) is 0 Å². The van der Waals surface area contributed by atoms with Gasteiger partial charge in [0.25, 0.3) is 0 Å². The van der Waals surface area contributed by atoms with Crippen LogP contribution < -0.4 is 5.32 Å². The number of nitrogens with one attached hydrogen (secondary N) is 1. The van der Waals surface area contributed by atoms with Gasteiger partial charge in [-0.3, -0.25) is 0 Å². The van der Waals surface area contributed by atoms with Gasteiger partial charge in [0.1, 0.15) is 0 Å². The lowest BCUT2D eigenvalue weighted by molar-refractivity contribution is 0.294. The van der Waals surface area contributed by atoms with Crippen molar-refractivity contribution in [2.45, 2.75) is 32.2 Å². The molecule has 0 saturated carbocycles. The van der Waals surface area contributed by atoms with Crippen LogP contribution in [0, 0.1) is 5.92 Å². The van der Waals surface area contributed by atoms with Crippen LogP contribution in [0.15, 0.2) is 0 Å². The highest BCUT2D eigenvalue weighted by Crippen LogP contribution is 2.16. The third-order valence-corrected chi connectivity index (χ3v) is 3.15. The Labute approximate surface area is 75.3 Å². The van der Waals surface area contributed by atoms with Crippen molar-refractivity contribution in [1.82, 2.24) is 10.2 Å². The lowest BCUT2D eigenvalue weighted by Crippen LogP contribution is -2.36. The van der Waals surface area contributed by atoms with Crippen molar-refractivity contribution in [3.8, 4) is 0 Å². The average molecular weight is 168 g/mol. The van der Waals surface area contributed by atoms with E-state index in [0.717, 1.165) is 12.0 Å². The van der Waals surface area contributed by atoms with Gasteiger partial charge in [-0.2, -0.15) is 0 Å². The zero-order chi connectivity index (χ0) is 8.39. The fourth-order valence-corrected chi connectivity index (χ4v) is 2.42. The van der Waals surface area contributed by atoms with E-state index in [1.54, 1.807) is 0 Å². The molecular formula is C10H20N2. The molecule has 2 aliphatic rings. The summed E-state index contributed by atoms with van der Waals surface area (Å²) >= 11 is 0. The van der Waals surface area contributed by atoms with E-state index in [1.807, 2.05) is 0 Å². The number of nitrogens with zero attached hydrogens (tertiary/aromatic N) is 1. The molecule has 2 fully saturated rings. The van der Waals surface area contributed by atoms with Gasteiger partial charge in [0.15, 0.2) is 0 Å². The molecule has 0 bridgehead atoms. The highest BCUT2D eigenvalue weighted by Gasteiger charge is 2.22. The molecule has 0 spiro atoms. The topological polar surface area (TPSA) is 15.3 Å². The SMILES string of the molecule is CC1CCN(CC2CCCN2)C1. The Kier molecular flexibility index (Phi) is 2.66. The van der Waals surface area contributed by atoms with Gasteiger partial charge in [-0.1, -0.05) is 6.92 Å². The molecule has 2 saturated heterocycles. The van der Waals surface area contributed by atoms with E-state index in [-0.39, 0.29) is 0 Å². The summed E-state index contributed by atoms with van der Waals surface area (Å²) < 4.78 is 0. The maximum absolute atomic E-state index is 3.56. The predicted octanol–water partition coefficient (Wildman–Crippen LogP) is 1.08. The van der Waals surface area contributed by atoms with E-state index in [9.17, 15) is 0 Å². The van der Waals surface area contributed by atoms with E-state index >= 15 is 0 Å². The van der Waals surface area contributed by atoms with Crippen LogP contribution in [-0.4, -0.2) is 37.1 Å². The van der Waals surface area contributed by atoms with Gasteiger partial charge in [0.2, 0.25) is 0 Å². The second kappa shape index (κ2) is 3.75. The molecule has 2 nitrogen and oxygen atoms in total. The molecule has 2 rings (SSSR count). The molecule has 0 aromatic rings. The Hall–Kier alpha value is -0.0800. The van der Waals surface area contributed by atoms with E-state index < -0.39 is 0 Å². The van der Waals surface area contributed by atoms with Crippen molar-refractivity contribution >= 4 is 0 Å². The fourth-order valence-electron chi connectivity index (χ4n) is 2.42. The molecule has 2 unspecified atom stereocenters. The molecule has 2 heteroatoms. The third kappa shape index (κ3) is 1.99. The maximum atomic E-state index is 3.56. The van der Waals surface area contributed by atoms with E-state index in [4.69, 9.17) is 0 Å². The van der Waals surface area contributed by atoms with Crippen LogP contribution in [-0.2, 0) is 0 Å². The molecule has 2 aliphatic heterocycles. The molecule has 0 aliphatic carbocycles. The lowest BCUT2D eigenvalue weighted by atomic mass is 10.2. The zero-order valence-corrected chi connectivity index (χ0v) is 8.05. The number of hydrogen-bond acceptors (Lipinski definition) is 2. The van der Waals surface area contributed by atoms with Crippen LogP contribution in [0.5, 0.6) is 0 Å². The molecule has 1 N–H and O–H groups in total. The highest BCUT2D eigenvalue weighted by molar-refractivity contribution is 4.81. The van der Waals surface area contributed by atoms with Crippen molar-refractivity contribution in [2.75, 3.05) is 26.2 Å². The normalized spacial score (nSPS) is 37.8. The quantitative estimate of drug-likeness (QED) is 0.664. The molecule has 0 radical (unpaired) electrons. The standard InChI is InChI=1S/C10H20N2/c1-9-4-6-12(7-9)8-10-3-2-5-11-10/h9-11H,2-8H2,1H3. The van der Waals surface area contributed by atoms with E-state index in [1.165, 1.54) is 45.4 Å². The molecule has 2 heterocycles. The summed E-state index contributed by atoms with van der Waals surface area (Å²) in [4.78, 5) is 2.62. The van der Waals surface area contributed by atoms with Crippen molar-refractivity contribution in [3.63, 3.8) is 0 Å². The zero-order valence-electron chi connectivity index (χ0n) is 8.05. The van der Waals surface area contributed by atoms with Gasteiger partial charge in [-0.05, 0) is 38.3 Å². The molecular weight excluding hydrogens is 148 g/mol. The number of likely N-dealkylation sites (tertiary alicyclic amines) is 1. The molecule has 12 heavy (non-hydrogen) atoms. The number of hydrogen-bond donors (Lipinski definition) is 1. The molecule has 0 aromatic heterocycles. The van der Waals surface area contributed by atoms with E-state index in [2.05, 4.69) is 17.1 Å². The first-order valence-corrected chi connectivity index (χ1v) is 5.30. The predicted molar refractivity (Wildman–Crippen MR) is 51.2 cm³/mol. The summed E-state index contributed by atoms with van der Waals surface area (Å²) in [6, 6.07) is 0.801. The van der Waals surface area contributed by atoms with Crippen molar-refractivity contribution in [1.29, 1.82) is 0 Å². The Balaban J connectivity index is 1.72. The minimum absolute atomic E-state index is 0.801. The molecule has 2 atom stereocenters. The second-order valence-corrected chi connectivity index (χ2v) is 4.45. The third-order valence-electron chi connectivity index (χ3n) is 3.15. The Morgan fingerprint density at radius 1 is 1.42 bits per heavy atom. The van der Waals surface area contributed by atoms with Crippen molar-refractivity contribution < 1.29 is 0 Å². The summed E-state index contributed by atoms with van der Waals surface area (Å²) in [6.07, 6.45) is 4.19. The first kappa shape index (κ1) is 8.52. The first-order chi connectivity index (χ1) is 5.84. The average Bonchev–Trinajstić information content (AvgIpc) is 2.63. The minimum atomic E-state index is 0.801. The van der Waals surface area contributed by atoms with E-state index in [0.29, 0.717) is 0 Å². The van der Waals surface area contributed by atoms with Crippen molar-refractivity contribution in [2.24, 2.45) is 5.92 Å². The van der Waals surface area contributed by atoms with Crippen LogP contribution >= 0.6 is 0 Å². The number of rotatable bonds is 2. The van der Waals surface area contributed by atoms with Crippen LogP contribution in [0.3, 0.4) is 0 Å². The van der Waals surface area contributed by atoms with Crippen LogP contribution in [0.1, 0.15) is 26.2 Å². The maximum Gasteiger partial charge on any atom is 0.0195 e. The summed E-state index contributed by atoms with van der Waals surface area (Å²) in [6.45, 7) is 7.57. The molecule has 70 valence electrons. The van der Waals surface area contributed by atoms with Gasteiger partial charge >= 0.3 is 0 Å². The summed E-state index contributed by atoms with van der Waals surface area (Å²) in [7, 11) is 0. The van der Waals surface area contributed by atoms with Gasteiger partial charge in [-0.25, -0.2) is 0 Å². The van der Waals surface area contributed by atoms with Crippen LogP contribution in [0.4, 0.5) is 0 Å². The van der Waals surface area contributed by atoms with Gasteiger partial charge in [0, 0.05) is 19.1 Å². The van der Waals surface area contributed by atoms with Gasteiger partial charge < -0.3 is 10.2 Å². The Morgan fingerprint density at radius 2 is 2.33 bits per heavy atom. The monoisotopic (exact) mass is 168 g/mol. The largest absolute Gasteiger partial charge is 0.313 e. The lowest BCUT2D eigenvalue weighted by Gasteiger charge is -2.19. The Morgan fingerprint density at radius 3 is 2.92 bits per heavy atom. The Bertz CT molecular complexity index is 141. The summed E-state index contributed by atoms with van der Waals surface area (Å²) in [5.41, 5.74) is 0. The molecule has 0 aromatic carbocycles. The van der Waals surface area contributed by atoms with Crippen LogP contribution in [0.2, 0.25) is 0 Å². The second-order valence-electron chi connectivity index (χ2n) is 4.45. The molecule has 0 amide bonds. The van der Waals surface area contributed by atoms with Crippen LogP contribution in [0.25, 0.3) is 0 Å². The van der Waals surface area contributed by atoms with Gasteiger partial charge in [-0.15, -0.1) is 0 Å². The highest BCUT2D eigenvalue weighted by atomic mass is 15.2. The van der Waals surface area contributed by atoms with Gasteiger partial charge in [0.05, 0.1) is 0 Å². The smallest absolute Gasteiger partial charge is 0.0195 e. The summed E-state index contributed by atoms with van der Waals surface area (Å²) in [5, 5.41) is 3.56. The fraction of sp³-hybridized carbons (Fsp3) is 1.00.